The maximum Gasteiger partial charge on any atom is 0.244 e. The third-order valence-electron chi connectivity index (χ3n) is 4.35. The Bertz CT molecular complexity index is 880. The lowest BCUT2D eigenvalue weighted by atomic mass is 10.1. The van der Waals surface area contributed by atoms with Gasteiger partial charge in [-0.3, -0.25) is 9.10 Å². The minimum Gasteiger partial charge on any atom is -0.348 e. The molecule has 0 fully saturated rings. The predicted molar refractivity (Wildman–Crippen MR) is 111 cm³/mol. The molecule has 5 nitrogen and oxygen atoms in total. The molecule has 0 radical (unpaired) electrons. The number of carbonyl (C=O) groups excluding carboxylic acids is 1. The lowest BCUT2D eigenvalue weighted by Gasteiger charge is -2.31. The third-order valence-corrected chi connectivity index (χ3v) is 5.78. The smallest absolute Gasteiger partial charge is 0.244 e. The minimum absolute atomic E-state index is 0.237. The highest BCUT2D eigenvalue weighted by Crippen LogP contribution is 2.25. The fourth-order valence-electron chi connectivity index (χ4n) is 2.90. The van der Waals surface area contributed by atoms with Gasteiger partial charge in [0.1, 0.15) is 6.04 Å². The number of amides is 1. The zero-order valence-electron chi connectivity index (χ0n) is 15.9. The topological polar surface area (TPSA) is 66.5 Å². The molecule has 27 heavy (non-hydrogen) atoms. The summed E-state index contributed by atoms with van der Waals surface area (Å²) in [7, 11) is -3.66. The number of benzene rings is 2. The van der Waals surface area contributed by atoms with E-state index < -0.39 is 16.1 Å². The fourth-order valence-corrected chi connectivity index (χ4v) is 4.23. The molecule has 0 bridgehead atoms. The van der Waals surface area contributed by atoms with Crippen LogP contribution in [-0.2, 0) is 14.8 Å². The number of nitrogens with zero attached hydrogens (tertiary/aromatic N) is 1. The highest BCUT2D eigenvalue weighted by Gasteiger charge is 2.32. The molecule has 0 spiro atoms. The van der Waals surface area contributed by atoms with Gasteiger partial charge in [-0.25, -0.2) is 8.42 Å². The number of anilines is 1. The Balaban J connectivity index is 2.28. The molecular weight excluding hydrogens is 384 g/mol. The summed E-state index contributed by atoms with van der Waals surface area (Å²) in [6, 6.07) is 13.2. The van der Waals surface area contributed by atoms with E-state index >= 15 is 0 Å². The van der Waals surface area contributed by atoms with Crippen molar-refractivity contribution in [2.24, 2.45) is 0 Å². The van der Waals surface area contributed by atoms with Crippen molar-refractivity contribution in [3.8, 4) is 0 Å². The van der Waals surface area contributed by atoms with E-state index in [0.717, 1.165) is 21.7 Å². The molecule has 0 aliphatic carbocycles. The molecule has 146 valence electrons. The van der Waals surface area contributed by atoms with Crippen LogP contribution in [0, 0.1) is 6.92 Å². The Morgan fingerprint density at radius 1 is 1.11 bits per heavy atom. The van der Waals surface area contributed by atoms with Crippen LogP contribution >= 0.6 is 11.6 Å². The van der Waals surface area contributed by atoms with Gasteiger partial charge in [-0.05, 0) is 50.1 Å². The average molecular weight is 409 g/mol. The number of halogens is 1. The summed E-state index contributed by atoms with van der Waals surface area (Å²) in [5, 5.41) is 3.43. The second kappa shape index (κ2) is 8.76. The predicted octanol–water partition coefficient (Wildman–Crippen LogP) is 4.07. The van der Waals surface area contributed by atoms with Gasteiger partial charge in [-0.2, -0.15) is 0 Å². The highest BCUT2D eigenvalue weighted by molar-refractivity contribution is 7.92. The number of carbonyl (C=O) groups is 1. The average Bonchev–Trinajstić information content (AvgIpc) is 2.60. The molecule has 0 heterocycles. The van der Waals surface area contributed by atoms with Gasteiger partial charge in [0.15, 0.2) is 0 Å². The van der Waals surface area contributed by atoms with Crippen LogP contribution in [0.15, 0.2) is 48.5 Å². The summed E-state index contributed by atoms with van der Waals surface area (Å²) in [6.45, 7) is 5.66. The second-order valence-corrected chi connectivity index (χ2v) is 8.90. The van der Waals surface area contributed by atoms with Gasteiger partial charge < -0.3 is 5.32 Å². The van der Waals surface area contributed by atoms with Crippen LogP contribution in [-0.4, -0.2) is 26.6 Å². The summed E-state index contributed by atoms with van der Waals surface area (Å²) in [5.41, 5.74) is 2.50. The first-order valence-electron chi connectivity index (χ1n) is 8.75. The highest BCUT2D eigenvalue weighted by atomic mass is 35.5. The molecule has 2 atom stereocenters. The number of sulfonamides is 1. The van der Waals surface area contributed by atoms with E-state index in [1.807, 2.05) is 38.1 Å². The summed E-state index contributed by atoms with van der Waals surface area (Å²) in [6.07, 6.45) is 1.43. The van der Waals surface area contributed by atoms with Crippen LogP contribution in [0.2, 0.25) is 5.02 Å². The van der Waals surface area contributed by atoms with Crippen molar-refractivity contribution < 1.29 is 13.2 Å². The lowest BCUT2D eigenvalue weighted by molar-refractivity contribution is -0.122. The van der Waals surface area contributed by atoms with Crippen LogP contribution < -0.4 is 9.62 Å². The Morgan fingerprint density at radius 3 is 2.15 bits per heavy atom. The van der Waals surface area contributed by atoms with E-state index in [1.54, 1.807) is 31.2 Å². The Morgan fingerprint density at radius 2 is 1.67 bits per heavy atom. The summed E-state index contributed by atoms with van der Waals surface area (Å²) in [4.78, 5) is 12.9. The first-order valence-corrected chi connectivity index (χ1v) is 11.0. The largest absolute Gasteiger partial charge is 0.348 e. The van der Waals surface area contributed by atoms with E-state index in [9.17, 15) is 13.2 Å². The monoisotopic (exact) mass is 408 g/mol. The normalized spacial score (nSPS) is 13.7. The number of hydrogen-bond acceptors (Lipinski definition) is 3. The van der Waals surface area contributed by atoms with Gasteiger partial charge in [0.05, 0.1) is 18.0 Å². The number of aryl methyl sites for hydroxylation is 1. The van der Waals surface area contributed by atoms with E-state index in [-0.39, 0.29) is 11.9 Å². The molecule has 0 unspecified atom stereocenters. The van der Waals surface area contributed by atoms with Crippen molar-refractivity contribution in [2.75, 3.05) is 10.6 Å². The summed E-state index contributed by atoms with van der Waals surface area (Å²) >= 11 is 5.91. The maximum absolute atomic E-state index is 12.9. The quantitative estimate of drug-likeness (QED) is 0.750. The van der Waals surface area contributed by atoms with Crippen LogP contribution in [0.4, 0.5) is 5.69 Å². The molecule has 0 saturated carbocycles. The summed E-state index contributed by atoms with van der Waals surface area (Å²) < 4.78 is 26.0. The van der Waals surface area contributed by atoms with E-state index in [4.69, 9.17) is 11.6 Å². The minimum atomic E-state index is -3.66. The molecule has 7 heteroatoms. The van der Waals surface area contributed by atoms with E-state index in [1.165, 1.54) is 0 Å². The van der Waals surface area contributed by atoms with Crippen molar-refractivity contribution in [1.29, 1.82) is 0 Å². The van der Waals surface area contributed by atoms with Crippen LogP contribution in [0.5, 0.6) is 0 Å². The van der Waals surface area contributed by atoms with Gasteiger partial charge >= 0.3 is 0 Å². The van der Waals surface area contributed by atoms with Crippen molar-refractivity contribution >= 4 is 33.2 Å². The Kier molecular flexibility index (Phi) is 6.89. The molecular formula is C20H25ClN2O3S. The maximum atomic E-state index is 12.9. The molecule has 0 aliphatic heterocycles. The zero-order chi connectivity index (χ0) is 20.2. The Hall–Kier alpha value is -2.05. The molecule has 2 aromatic rings. The Labute approximate surface area is 166 Å². The van der Waals surface area contributed by atoms with Crippen LogP contribution in [0.25, 0.3) is 0 Å². The number of rotatable bonds is 7. The van der Waals surface area contributed by atoms with Crippen LogP contribution in [0.1, 0.15) is 37.4 Å². The van der Waals surface area contributed by atoms with Gasteiger partial charge in [0.25, 0.3) is 0 Å². The van der Waals surface area contributed by atoms with E-state index in [2.05, 4.69) is 5.32 Å². The summed E-state index contributed by atoms with van der Waals surface area (Å²) in [5.74, 6) is -0.342. The molecule has 1 amide bonds. The molecule has 1 N–H and O–H groups in total. The fraction of sp³-hybridized carbons (Fsp3) is 0.350. The molecule has 0 aliphatic rings. The van der Waals surface area contributed by atoms with Crippen molar-refractivity contribution in [3.63, 3.8) is 0 Å². The molecule has 0 saturated heterocycles. The number of nitrogens with one attached hydrogen (secondary N) is 1. The van der Waals surface area contributed by atoms with Crippen LogP contribution in [0.3, 0.4) is 0 Å². The van der Waals surface area contributed by atoms with E-state index in [0.29, 0.717) is 17.1 Å². The van der Waals surface area contributed by atoms with Crippen molar-refractivity contribution in [2.45, 2.75) is 39.3 Å². The molecule has 2 aromatic carbocycles. The first kappa shape index (κ1) is 21.3. The standard InChI is InChI=1S/C20H25ClN2O3S/c1-5-19(20(24)22-15(3)16-8-6-14(2)7-9-16)23(27(4,25)26)18-12-10-17(21)11-13-18/h6-13,15,19H,5H2,1-4H3,(H,22,24)/t15-,19+/m0/s1. The SMILES string of the molecule is CC[C@H](C(=O)N[C@@H](C)c1ccc(C)cc1)N(c1ccc(Cl)cc1)S(C)(=O)=O. The third kappa shape index (κ3) is 5.47. The van der Waals surface area contributed by atoms with Gasteiger partial charge in [0.2, 0.25) is 15.9 Å². The van der Waals surface area contributed by atoms with Gasteiger partial charge in [0, 0.05) is 5.02 Å². The van der Waals surface area contributed by atoms with Crippen molar-refractivity contribution in [3.05, 3.63) is 64.7 Å². The second-order valence-electron chi connectivity index (χ2n) is 6.60. The van der Waals surface area contributed by atoms with Gasteiger partial charge in [-0.1, -0.05) is 48.4 Å². The molecule has 2 rings (SSSR count). The zero-order valence-corrected chi connectivity index (χ0v) is 17.5. The first-order chi connectivity index (χ1) is 12.6. The molecule has 0 aromatic heterocycles. The van der Waals surface area contributed by atoms with Crippen molar-refractivity contribution in [1.82, 2.24) is 5.32 Å². The lowest BCUT2D eigenvalue weighted by Crippen LogP contribution is -2.49. The van der Waals surface area contributed by atoms with Gasteiger partial charge in [-0.15, -0.1) is 0 Å². The number of hydrogen-bond donors (Lipinski definition) is 1.